The van der Waals surface area contributed by atoms with Crippen LogP contribution in [0.4, 0.5) is 0 Å². The number of hydrogen-bond acceptors (Lipinski definition) is 5. The van der Waals surface area contributed by atoms with Crippen molar-refractivity contribution in [3.63, 3.8) is 0 Å². The van der Waals surface area contributed by atoms with E-state index in [9.17, 15) is 19.5 Å². The first-order valence-corrected chi connectivity index (χ1v) is 4.91. The third kappa shape index (κ3) is 2.06. The van der Waals surface area contributed by atoms with Crippen LogP contribution >= 0.6 is 0 Å². The van der Waals surface area contributed by atoms with E-state index in [2.05, 4.69) is 4.74 Å². The molecule has 0 amide bonds. The summed E-state index contributed by atoms with van der Waals surface area (Å²) in [5, 5.41) is 18.4. The third-order valence-corrected chi connectivity index (χ3v) is 2.96. The van der Waals surface area contributed by atoms with Crippen LogP contribution in [-0.4, -0.2) is 41.1 Å². The van der Waals surface area contributed by atoms with Crippen molar-refractivity contribution in [1.29, 1.82) is 0 Å². The van der Waals surface area contributed by atoms with Crippen LogP contribution < -0.4 is 0 Å². The van der Waals surface area contributed by atoms with Gasteiger partial charge in [0.25, 0.3) is 0 Å². The van der Waals surface area contributed by atoms with Crippen LogP contribution in [-0.2, 0) is 19.1 Å². The predicted octanol–water partition coefficient (Wildman–Crippen LogP) is -0.554. The molecule has 16 heavy (non-hydrogen) atoms. The molecule has 1 aliphatic carbocycles. The minimum Gasteiger partial charge on any atom is -0.481 e. The maximum atomic E-state index is 11.5. The zero-order valence-electron chi connectivity index (χ0n) is 9.04. The maximum Gasteiger partial charge on any atom is 0.317 e. The summed E-state index contributed by atoms with van der Waals surface area (Å²) < 4.78 is 4.41. The number of methoxy groups -OCH3 is 1. The minimum absolute atomic E-state index is 0.103. The lowest BCUT2D eigenvalue weighted by atomic mass is 9.86. The molecule has 0 aromatic carbocycles. The van der Waals surface area contributed by atoms with Crippen molar-refractivity contribution in [2.45, 2.75) is 19.4 Å². The number of carboxylic acid groups (broad SMARTS) is 1. The third-order valence-electron chi connectivity index (χ3n) is 2.96. The molecule has 0 aromatic heterocycles. The second kappa shape index (κ2) is 4.61. The molecule has 1 aliphatic rings. The number of Topliss-reactive ketones (excluding diaryl/α,β-unsaturated/α-hetero) is 1. The molecule has 0 radical (unpaired) electrons. The largest absolute Gasteiger partial charge is 0.481 e. The lowest BCUT2D eigenvalue weighted by molar-refractivity contribution is -0.158. The number of ether oxygens (including phenoxy) is 1. The van der Waals surface area contributed by atoms with Gasteiger partial charge >= 0.3 is 11.9 Å². The summed E-state index contributed by atoms with van der Waals surface area (Å²) in [4.78, 5) is 33.9. The molecule has 1 saturated carbocycles. The first kappa shape index (κ1) is 12.6. The van der Waals surface area contributed by atoms with Crippen molar-refractivity contribution in [2.75, 3.05) is 7.11 Å². The van der Waals surface area contributed by atoms with Gasteiger partial charge in [-0.25, -0.2) is 0 Å². The lowest BCUT2D eigenvalue weighted by Crippen LogP contribution is -2.35. The van der Waals surface area contributed by atoms with Crippen LogP contribution in [0.25, 0.3) is 0 Å². The Balaban J connectivity index is 3.03. The van der Waals surface area contributed by atoms with Gasteiger partial charge in [-0.3, -0.25) is 14.4 Å². The van der Waals surface area contributed by atoms with Crippen molar-refractivity contribution in [2.24, 2.45) is 17.8 Å². The number of carbonyl (C=O) groups is 3. The zero-order valence-corrected chi connectivity index (χ0v) is 9.04. The number of hydrogen-bond donors (Lipinski definition) is 2. The standard InChI is InChI=1S/C10H14O6/c1-4(11)5-3-6(12)8(10(15)16-2)7(5)9(13)14/h4-5,7-8,11H,3H2,1-2H3,(H,13,14). The quantitative estimate of drug-likeness (QED) is 0.498. The molecule has 6 nitrogen and oxygen atoms in total. The molecule has 1 fully saturated rings. The van der Waals surface area contributed by atoms with Gasteiger partial charge in [-0.05, 0) is 6.92 Å². The molecule has 4 unspecified atom stereocenters. The molecule has 0 aliphatic heterocycles. The number of carbonyl (C=O) groups excluding carboxylic acids is 2. The fraction of sp³-hybridized carbons (Fsp3) is 0.700. The minimum atomic E-state index is -1.29. The Hall–Kier alpha value is -1.43. The van der Waals surface area contributed by atoms with E-state index in [0.29, 0.717) is 0 Å². The van der Waals surface area contributed by atoms with Gasteiger partial charge in [-0.1, -0.05) is 0 Å². The molecule has 6 heteroatoms. The van der Waals surface area contributed by atoms with E-state index in [1.165, 1.54) is 6.92 Å². The van der Waals surface area contributed by atoms with E-state index < -0.39 is 41.6 Å². The van der Waals surface area contributed by atoms with Crippen molar-refractivity contribution >= 4 is 17.7 Å². The molecule has 1 rings (SSSR count). The van der Waals surface area contributed by atoms with E-state index in [1.807, 2.05) is 0 Å². The number of carboxylic acids is 1. The lowest BCUT2D eigenvalue weighted by Gasteiger charge is -2.20. The number of aliphatic hydroxyl groups is 1. The van der Waals surface area contributed by atoms with Crippen LogP contribution in [0.15, 0.2) is 0 Å². The number of rotatable bonds is 3. The average molecular weight is 230 g/mol. The smallest absolute Gasteiger partial charge is 0.317 e. The van der Waals surface area contributed by atoms with Crippen molar-refractivity contribution in [3.8, 4) is 0 Å². The van der Waals surface area contributed by atoms with Crippen LogP contribution in [0, 0.1) is 17.8 Å². The number of aliphatic hydroxyl groups excluding tert-OH is 1. The normalized spacial score (nSPS) is 31.2. The van der Waals surface area contributed by atoms with Gasteiger partial charge in [0.15, 0.2) is 0 Å². The van der Waals surface area contributed by atoms with Crippen LogP contribution in [0.1, 0.15) is 13.3 Å². The highest BCUT2D eigenvalue weighted by Crippen LogP contribution is 2.37. The molecule has 0 spiro atoms. The summed E-state index contributed by atoms with van der Waals surface area (Å²) in [5.74, 6) is -5.80. The second-order valence-electron chi connectivity index (χ2n) is 3.94. The van der Waals surface area contributed by atoms with Gasteiger partial charge in [0.2, 0.25) is 0 Å². The van der Waals surface area contributed by atoms with Gasteiger partial charge in [0.05, 0.1) is 19.1 Å². The second-order valence-corrected chi connectivity index (χ2v) is 3.94. The molecular weight excluding hydrogens is 216 g/mol. The van der Waals surface area contributed by atoms with Crippen LogP contribution in [0.5, 0.6) is 0 Å². The van der Waals surface area contributed by atoms with Crippen LogP contribution in [0.2, 0.25) is 0 Å². The van der Waals surface area contributed by atoms with Gasteiger partial charge in [-0.15, -0.1) is 0 Å². The molecule has 0 saturated heterocycles. The molecule has 0 aromatic rings. The Labute approximate surface area is 92.2 Å². The molecule has 0 bridgehead atoms. The number of aliphatic carboxylic acids is 1. The molecule has 90 valence electrons. The van der Waals surface area contributed by atoms with Gasteiger partial charge < -0.3 is 14.9 Å². The molecule has 0 heterocycles. The fourth-order valence-corrected chi connectivity index (χ4v) is 2.14. The van der Waals surface area contributed by atoms with Gasteiger partial charge in [0, 0.05) is 12.3 Å². The Bertz CT molecular complexity index is 321. The highest BCUT2D eigenvalue weighted by atomic mass is 16.5. The van der Waals surface area contributed by atoms with Crippen molar-refractivity contribution < 1.29 is 29.3 Å². The number of esters is 1. The highest BCUT2D eigenvalue weighted by molar-refractivity contribution is 6.04. The summed E-state index contributed by atoms with van der Waals surface area (Å²) in [7, 11) is 1.10. The average Bonchev–Trinajstić information content (AvgIpc) is 2.55. The summed E-state index contributed by atoms with van der Waals surface area (Å²) in [5.41, 5.74) is 0. The van der Waals surface area contributed by atoms with Gasteiger partial charge in [0.1, 0.15) is 11.7 Å². The highest BCUT2D eigenvalue weighted by Gasteiger charge is 2.52. The van der Waals surface area contributed by atoms with E-state index in [0.717, 1.165) is 7.11 Å². The van der Waals surface area contributed by atoms with E-state index in [-0.39, 0.29) is 6.42 Å². The topological polar surface area (TPSA) is 101 Å². The van der Waals surface area contributed by atoms with Crippen molar-refractivity contribution in [3.05, 3.63) is 0 Å². The Kier molecular flexibility index (Phi) is 3.64. The molecular formula is C10H14O6. The van der Waals surface area contributed by atoms with E-state index in [4.69, 9.17) is 5.11 Å². The monoisotopic (exact) mass is 230 g/mol. The van der Waals surface area contributed by atoms with E-state index >= 15 is 0 Å². The first-order chi connectivity index (χ1) is 7.40. The number of ketones is 1. The summed E-state index contributed by atoms with van der Waals surface area (Å²) >= 11 is 0. The fourth-order valence-electron chi connectivity index (χ4n) is 2.14. The zero-order chi connectivity index (χ0) is 12.5. The maximum absolute atomic E-state index is 11.5. The molecule has 4 atom stereocenters. The Morgan fingerprint density at radius 3 is 2.44 bits per heavy atom. The Morgan fingerprint density at radius 2 is 2.06 bits per heavy atom. The van der Waals surface area contributed by atoms with Crippen molar-refractivity contribution in [1.82, 2.24) is 0 Å². The van der Waals surface area contributed by atoms with Crippen LogP contribution in [0.3, 0.4) is 0 Å². The predicted molar refractivity (Wildman–Crippen MR) is 51.4 cm³/mol. The summed E-state index contributed by atoms with van der Waals surface area (Å²) in [6, 6.07) is 0. The SMILES string of the molecule is COC(=O)C1C(=O)CC(C(C)O)C1C(=O)O. The van der Waals surface area contributed by atoms with Gasteiger partial charge in [-0.2, -0.15) is 0 Å². The Morgan fingerprint density at radius 1 is 1.50 bits per heavy atom. The van der Waals surface area contributed by atoms with E-state index in [1.54, 1.807) is 0 Å². The first-order valence-electron chi connectivity index (χ1n) is 4.91. The summed E-state index contributed by atoms with van der Waals surface area (Å²) in [6.07, 6.45) is -1.05. The molecule has 2 N–H and O–H groups in total. The summed E-state index contributed by atoms with van der Waals surface area (Å²) in [6.45, 7) is 1.41.